The first kappa shape index (κ1) is 18.4. The second-order valence-corrected chi connectivity index (χ2v) is 8.59. The van der Waals surface area contributed by atoms with Crippen LogP contribution in [0.1, 0.15) is 69.2 Å². The summed E-state index contributed by atoms with van der Waals surface area (Å²) in [7, 11) is 0. The minimum atomic E-state index is -0.317. The van der Waals surface area contributed by atoms with Gasteiger partial charge in [-0.05, 0) is 43.4 Å². The van der Waals surface area contributed by atoms with E-state index in [1.807, 2.05) is 24.3 Å². The summed E-state index contributed by atoms with van der Waals surface area (Å²) in [6, 6.07) is 10.2. The first-order valence-corrected chi connectivity index (χ1v) is 9.81. The lowest BCUT2D eigenvalue weighted by Gasteiger charge is -2.27. The number of aromatic nitrogens is 2. The molecule has 2 aromatic rings. The lowest BCUT2D eigenvalue weighted by Crippen LogP contribution is -2.23. The van der Waals surface area contributed by atoms with Gasteiger partial charge >= 0.3 is 0 Å². The molecular formula is C22H26N4O2. The number of ether oxygens (including phenoxy) is 2. The quantitative estimate of drug-likeness (QED) is 0.832. The SMILES string of the molecule is CC(C)(C)c1[nH]nc2c1[C@H](c1ccc(OC3CCCC3)cc1)C(C#N)=C(N)O2. The Hall–Kier alpha value is -2.94. The number of nitrogens with one attached hydrogen (secondary N) is 1. The van der Waals surface area contributed by atoms with Crippen LogP contribution < -0.4 is 15.2 Å². The third kappa shape index (κ3) is 3.22. The molecule has 0 amide bonds. The number of aromatic amines is 1. The standard InChI is InChI=1S/C22H26N4O2/c1-22(2,3)19-18-17(16(12-23)20(24)28-21(18)26-25-19)13-8-10-15(11-9-13)27-14-6-4-5-7-14/h8-11,14,17H,4-7,24H2,1-3H3,(H,25,26)/t17-/m1/s1. The fraction of sp³-hybridized carbons (Fsp3) is 0.455. The van der Waals surface area contributed by atoms with Gasteiger partial charge in [0.2, 0.25) is 11.8 Å². The van der Waals surface area contributed by atoms with Crippen molar-refractivity contribution < 1.29 is 9.47 Å². The molecular weight excluding hydrogens is 352 g/mol. The first-order valence-electron chi connectivity index (χ1n) is 9.81. The van der Waals surface area contributed by atoms with Gasteiger partial charge in [-0.25, -0.2) is 0 Å². The van der Waals surface area contributed by atoms with E-state index in [2.05, 4.69) is 37.0 Å². The highest BCUT2D eigenvalue weighted by Crippen LogP contribution is 2.45. The predicted octanol–water partition coefficient (Wildman–Crippen LogP) is 4.25. The van der Waals surface area contributed by atoms with E-state index in [0.717, 1.165) is 35.4 Å². The molecule has 0 spiro atoms. The van der Waals surface area contributed by atoms with Crippen molar-refractivity contribution in [1.82, 2.24) is 10.2 Å². The molecule has 146 valence electrons. The number of benzene rings is 1. The summed E-state index contributed by atoms with van der Waals surface area (Å²) >= 11 is 0. The van der Waals surface area contributed by atoms with Gasteiger partial charge in [-0.3, -0.25) is 5.10 Å². The molecule has 1 aliphatic carbocycles. The van der Waals surface area contributed by atoms with Crippen LogP contribution in [-0.4, -0.2) is 16.3 Å². The molecule has 28 heavy (non-hydrogen) atoms. The van der Waals surface area contributed by atoms with E-state index in [0.29, 0.717) is 17.6 Å². The van der Waals surface area contributed by atoms with Gasteiger partial charge in [-0.15, -0.1) is 5.10 Å². The molecule has 0 radical (unpaired) electrons. The van der Waals surface area contributed by atoms with Gasteiger partial charge in [0, 0.05) is 11.1 Å². The molecule has 6 heteroatoms. The first-order chi connectivity index (χ1) is 13.4. The number of allylic oxidation sites excluding steroid dienone is 1. The largest absolute Gasteiger partial charge is 0.490 e. The van der Waals surface area contributed by atoms with E-state index < -0.39 is 0 Å². The van der Waals surface area contributed by atoms with Crippen molar-refractivity contribution in [2.45, 2.75) is 63.9 Å². The van der Waals surface area contributed by atoms with Crippen LogP contribution in [0, 0.1) is 11.3 Å². The minimum absolute atomic E-state index is 0.109. The number of nitrogens with zero attached hydrogens (tertiary/aromatic N) is 2. The number of nitriles is 1. The summed E-state index contributed by atoms with van der Waals surface area (Å²) in [6.07, 6.45) is 5.02. The van der Waals surface area contributed by atoms with E-state index in [-0.39, 0.29) is 17.2 Å². The summed E-state index contributed by atoms with van der Waals surface area (Å²) in [5, 5.41) is 17.2. The van der Waals surface area contributed by atoms with Crippen LogP contribution in [0.15, 0.2) is 35.7 Å². The number of rotatable bonds is 3. The smallest absolute Gasteiger partial charge is 0.244 e. The molecule has 1 fully saturated rings. The Bertz CT molecular complexity index is 938. The highest BCUT2D eigenvalue weighted by atomic mass is 16.5. The molecule has 1 aromatic heterocycles. The third-order valence-electron chi connectivity index (χ3n) is 5.51. The van der Waals surface area contributed by atoms with Gasteiger partial charge in [0.05, 0.1) is 17.6 Å². The zero-order chi connectivity index (χ0) is 19.9. The number of nitrogens with two attached hydrogens (primary N) is 1. The van der Waals surface area contributed by atoms with Crippen molar-refractivity contribution in [2.24, 2.45) is 5.73 Å². The van der Waals surface area contributed by atoms with Crippen molar-refractivity contribution in [1.29, 1.82) is 5.26 Å². The number of hydrogen-bond acceptors (Lipinski definition) is 5. The van der Waals surface area contributed by atoms with E-state index >= 15 is 0 Å². The molecule has 1 aromatic carbocycles. The molecule has 0 bridgehead atoms. The lowest BCUT2D eigenvalue weighted by atomic mass is 9.79. The third-order valence-corrected chi connectivity index (χ3v) is 5.51. The molecule has 2 heterocycles. The molecule has 1 saturated carbocycles. The highest BCUT2D eigenvalue weighted by molar-refractivity contribution is 5.56. The van der Waals surface area contributed by atoms with Crippen molar-refractivity contribution in [3.8, 4) is 17.7 Å². The fourth-order valence-electron chi connectivity index (χ4n) is 4.09. The maximum absolute atomic E-state index is 9.77. The monoisotopic (exact) mass is 378 g/mol. The second kappa shape index (κ2) is 6.90. The Balaban J connectivity index is 1.73. The topological polar surface area (TPSA) is 97.0 Å². The average Bonchev–Trinajstić information content (AvgIpc) is 3.30. The van der Waals surface area contributed by atoms with E-state index in [1.54, 1.807) is 0 Å². The van der Waals surface area contributed by atoms with Crippen LogP contribution in [0.5, 0.6) is 11.6 Å². The van der Waals surface area contributed by atoms with Crippen LogP contribution in [-0.2, 0) is 5.41 Å². The Morgan fingerprint density at radius 3 is 2.50 bits per heavy atom. The van der Waals surface area contributed by atoms with Gasteiger partial charge in [0.1, 0.15) is 17.4 Å². The van der Waals surface area contributed by atoms with Crippen LogP contribution in [0.25, 0.3) is 0 Å². The molecule has 1 aliphatic heterocycles. The average molecular weight is 378 g/mol. The molecule has 0 unspecified atom stereocenters. The number of H-pyrrole nitrogens is 1. The van der Waals surface area contributed by atoms with Gasteiger partial charge in [-0.2, -0.15) is 5.26 Å². The lowest BCUT2D eigenvalue weighted by molar-refractivity contribution is 0.210. The van der Waals surface area contributed by atoms with Crippen LogP contribution in [0.4, 0.5) is 0 Å². The summed E-state index contributed by atoms with van der Waals surface area (Å²) in [5.74, 6) is 1.10. The van der Waals surface area contributed by atoms with E-state index in [4.69, 9.17) is 15.2 Å². The van der Waals surface area contributed by atoms with Crippen LogP contribution in [0.2, 0.25) is 0 Å². The summed E-state index contributed by atoms with van der Waals surface area (Å²) in [4.78, 5) is 0. The van der Waals surface area contributed by atoms with E-state index in [1.165, 1.54) is 12.8 Å². The molecule has 3 N–H and O–H groups in total. The van der Waals surface area contributed by atoms with Crippen molar-refractivity contribution >= 4 is 0 Å². The zero-order valence-electron chi connectivity index (χ0n) is 16.6. The maximum Gasteiger partial charge on any atom is 0.244 e. The Morgan fingerprint density at radius 2 is 1.89 bits per heavy atom. The summed E-state index contributed by atoms with van der Waals surface area (Å²) in [6.45, 7) is 6.30. The highest BCUT2D eigenvalue weighted by Gasteiger charge is 2.38. The number of fused-ring (bicyclic) bond motifs is 1. The van der Waals surface area contributed by atoms with Crippen molar-refractivity contribution in [3.05, 3.63) is 52.5 Å². The molecule has 0 saturated heterocycles. The number of hydrogen-bond donors (Lipinski definition) is 2. The zero-order valence-corrected chi connectivity index (χ0v) is 16.6. The van der Waals surface area contributed by atoms with Gasteiger partial charge in [0.15, 0.2) is 0 Å². The van der Waals surface area contributed by atoms with Crippen molar-refractivity contribution in [3.63, 3.8) is 0 Å². The van der Waals surface area contributed by atoms with Gasteiger partial charge < -0.3 is 15.2 Å². The van der Waals surface area contributed by atoms with Gasteiger partial charge in [-0.1, -0.05) is 32.9 Å². The predicted molar refractivity (Wildman–Crippen MR) is 106 cm³/mol. The van der Waals surface area contributed by atoms with Crippen molar-refractivity contribution in [2.75, 3.05) is 0 Å². The minimum Gasteiger partial charge on any atom is -0.490 e. The van der Waals surface area contributed by atoms with E-state index in [9.17, 15) is 5.26 Å². The molecule has 1 atom stereocenters. The van der Waals surface area contributed by atoms with Crippen LogP contribution >= 0.6 is 0 Å². The summed E-state index contributed by atoms with van der Waals surface area (Å²) < 4.78 is 11.7. The second-order valence-electron chi connectivity index (χ2n) is 8.59. The normalized spacial score (nSPS) is 19.9. The maximum atomic E-state index is 9.77. The molecule has 4 rings (SSSR count). The van der Waals surface area contributed by atoms with Gasteiger partial charge in [0.25, 0.3) is 0 Å². The Labute approximate surface area is 165 Å². The summed E-state index contributed by atoms with van der Waals surface area (Å²) in [5.41, 5.74) is 9.06. The Kier molecular flexibility index (Phi) is 4.54. The van der Waals surface area contributed by atoms with Crippen LogP contribution in [0.3, 0.4) is 0 Å². The molecule has 2 aliphatic rings. The fourth-order valence-corrected chi connectivity index (χ4v) is 4.09. The Morgan fingerprint density at radius 1 is 1.21 bits per heavy atom. The molecule has 6 nitrogen and oxygen atoms in total.